The number of aromatic nitrogens is 1. The number of fused-ring (bicyclic) bond motifs is 1. The number of aryl methyl sites for hydroxylation is 1. The second kappa shape index (κ2) is 8.33. The van der Waals surface area contributed by atoms with Crippen LogP contribution in [0.5, 0.6) is 0 Å². The molecule has 0 atom stereocenters. The molecule has 0 aliphatic carbocycles. The number of amides is 2. The van der Waals surface area contributed by atoms with Crippen LogP contribution in [0.4, 0.5) is 0 Å². The van der Waals surface area contributed by atoms with Gasteiger partial charge in [-0.2, -0.15) is 0 Å². The van der Waals surface area contributed by atoms with Crippen LogP contribution in [0.3, 0.4) is 0 Å². The van der Waals surface area contributed by atoms with Crippen LogP contribution < -0.4 is 5.32 Å². The van der Waals surface area contributed by atoms with Crippen LogP contribution in [0.2, 0.25) is 0 Å². The number of benzene rings is 1. The van der Waals surface area contributed by atoms with Crippen molar-refractivity contribution in [2.75, 3.05) is 13.1 Å². The Hall–Kier alpha value is -3.02. The SMILES string of the molecule is O=C(CCCc1c[nH]c2ccccc12)NC1CCN(C(=O)c2ccoc2)CC1. The first kappa shape index (κ1) is 18.3. The van der Waals surface area contributed by atoms with E-state index in [0.717, 1.165) is 31.2 Å². The van der Waals surface area contributed by atoms with E-state index in [9.17, 15) is 9.59 Å². The molecule has 1 saturated heterocycles. The zero-order chi connectivity index (χ0) is 19.3. The number of furan rings is 1. The minimum atomic E-state index is -0.00254. The van der Waals surface area contributed by atoms with Gasteiger partial charge in [0, 0.05) is 42.7 Å². The summed E-state index contributed by atoms with van der Waals surface area (Å²) in [6.07, 6.45) is 8.83. The fourth-order valence-electron chi connectivity index (χ4n) is 3.87. The molecule has 6 heteroatoms. The molecule has 0 bridgehead atoms. The number of nitrogens with one attached hydrogen (secondary N) is 2. The van der Waals surface area contributed by atoms with Gasteiger partial charge in [0.1, 0.15) is 6.26 Å². The maximum atomic E-state index is 12.3. The van der Waals surface area contributed by atoms with E-state index in [0.29, 0.717) is 25.1 Å². The van der Waals surface area contributed by atoms with E-state index < -0.39 is 0 Å². The molecule has 2 aromatic heterocycles. The number of likely N-dealkylation sites (tertiary alicyclic amines) is 1. The van der Waals surface area contributed by atoms with Gasteiger partial charge in [-0.25, -0.2) is 0 Å². The molecule has 3 aromatic rings. The molecular weight excluding hydrogens is 354 g/mol. The molecule has 146 valence electrons. The summed E-state index contributed by atoms with van der Waals surface area (Å²) < 4.78 is 4.98. The number of rotatable bonds is 6. The zero-order valence-electron chi connectivity index (χ0n) is 15.8. The van der Waals surface area contributed by atoms with Crippen molar-refractivity contribution in [3.05, 3.63) is 60.2 Å². The molecule has 2 N–H and O–H groups in total. The lowest BCUT2D eigenvalue weighted by molar-refractivity contribution is -0.122. The highest BCUT2D eigenvalue weighted by molar-refractivity contribution is 5.93. The molecule has 1 fully saturated rings. The number of piperidine rings is 1. The Morgan fingerprint density at radius 2 is 2.00 bits per heavy atom. The van der Waals surface area contributed by atoms with Crippen LogP contribution in [0.15, 0.2) is 53.5 Å². The molecule has 1 aromatic carbocycles. The fraction of sp³-hybridized carbons (Fsp3) is 0.364. The molecule has 0 radical (unpaired) electrons. The average molecular weight is 379 g/mol. The predicted octanol–water partition coefficient (Wildman–Crippen LogP) is 3.50. The zero-order valence-corrected chi connectivity index (χ0v) is 15.8. The van der Waals surface area contributed by atoms with Gasteiger partial charge in [-0.3, -0.25) is 9.59 Å². The highest BCUT2D eigenvalue weighted by Crippen LogP contribution is 2.20. The summed E-state index contributed by atoms with van der Waals surface area (Å²) >= 11 is 0. The quantitative estimate of drug-likeness (QED) is 0.688. The van der Waals surface area contributed by atoms with E-state index in [1.54, 1.807) is 6.07 Å². The minimum absolute atomic E-state index is 0.00254. The summed E-state index contributed by atoms with van der Waals surface area (Å²) in [5.74, 6) is 0.0942. The van der Waals surface area contributed by atoms with Crippen LogP contribution >= 0.6 is 0 Å². The summed E-state index contributed by atoms with van der Waals surface area (Å²) in [7, 11) is 0. The van der Waals surface area contributed by atoms with Gasteiger partial charge in [0.05, 0.1) is 11.8 Å². The standard InChI is InChI=1S/C22H25N3O3/c26-21(7-3-4-16-14-23-20-6-2-1-5-19(16)20)24-18-8-11-25(12-9-18)22(27)17-10-13-28-15-17/h1-2,5-6,10,13-15,18,23H,3-4,7-9,11-12H2,(H,24,26). The molecule has 0 spiro atoms. The third kappa shape index (κ3) is 4.11. The Morgan fingerprint density at radius 1 is 1.18 bits per heavy atom. The first-order valence-electron chi connectivity index (χ1n) is 9.86. The summed E-state index contributed by atoms with van der Waals surface area (Å²) in [6.45, 7) is 1.31. The van der Waals surface area contributed by atoms with Crippen LogP contribution in [-0.2, 0) is 11.2 Å². The number of aromatic amines is 1. The molecule has 2 amide bonds. The van der Waals surface area contributed by atoms with Gasteiger partial charge in [-0.05, 0) is 43.4 Å². The van der Waals surface area contributed by atoms with E-state index in [4.69, 9.17) is 4.42 Å². The monoisotopic (exact) mass is 379 g/mol. The predicted molar refractivity (Wildman–Crippen MR) is 107 cm³/mol. The molecule has 6 nitrogen and oxygen atoms in total. The maximum absolute atomic E-state index is 12.3. The number of hydrogen-bond donors (Lipinski definition) is 2. The third-order valence-corrected chi connectivity index (χ3v) is 5.44. The van der Waals surface area contributed by atoms with Gasteiger partial charge in [0.25, 0.3) is 5.91 Å². The highest BCUT2D eigenvalue weighted by atomic mass is 16.3. The molecule has 3 heterocycles. The van der Waals surface area contributed by atoms with Crippen molar-refractivity contribution < 1.29 is 14.0 Å². The van der Waals surface area contributed by atoms with E-state index in [2.05, 4.69) is 22.4 Å². The van der Waals surface area contributed by atoms with E-state index in [1.807, 2.05) is 23.2 Å². The summed E-state index contributed by atoms with van der Waals surface area (Å²) in [4.78, 5) is 29.7. The number of carbonyl (C=O) groups is 2. The van der Waals surface area contributed by atoms with Crippen LogP contribution in [0.1, 0.15) is 41.6 Å². The Kier molecular flexibility index (Phi) is 5.46. The summed E-state index contributed by atoms with van der Waals surface area (Å²) in [5.41, 5.74) is 2.98. The van der Waals surface area contributed by atoms with Gasteiger partial charge in [0.2, 0.25) is 5.91 Å². The highest BCUT2D eigenvalue weighted by Gasteiger charge is 2.24. The topological polar surface area (TPSA) is 78.3 Å². The normalized spacial score (nSPS) is 15.1. The van der Waals surface area contributed by atoms with E-state index in [1.165, 1.54) is 23.5 Å². The van der Waals surface area contributed by atoms with E-state index >= 15 is 0 Å². The smallest absolute Gasteiger partial charge is 0.257 e. The Bertz CT molecular complexity index is 937. The number of carbonyl (C=O) groups excluding carboxylic acids is 2. The third-order valence-electron chi connectivity index (χ3n) is 5.44. The Balaban J connectivity index is 1.19. The maximum Gasteiger partial charge on any atom is 0.257 e. The lowest BCUT2D eigenvalue weighted by Crippen LogP contribution is -2.46. The number of nitrogens with zero attached hydrogens (tertiary/aromatic N) is 1. The van der Waals surface area contributed by atoms with Crippen LogP contribution in [-0.4, -0.2) is 40.8 Å². The second-order valence-electron chi connectivity index (χ2n) is 7.36. The van der Waals surface area contributed by atoms with Crippen molar-refractivity contribution in [3.8, 4) is 0 Å². The van der Waals surface area contributed by atoms with Crippen LogP contribution in [0, 0.1) is 0 Å². The largest absolute Gasteiger partial charge is 0.472 e. The van der Waals surface area contributed by atoms with Gasteiger partial charge in [-0.1, -0.05) is 18.2 Å². The van der Waals surface area contributed by atoms with Gasteiger partial charge in [0.15, 0.2) is 0 Å². The van der Waals surface area contributed by atoms with E-state index in [-0.39, 0.29) is 17.9 Å². The summed E-state index contributed by atoms with van der Waals surface area (Å²) in [6, 6.07) is 10.1. The molecular formula is C22H25N3O3. The number of hydrogen-bond acceptors (Lipinski definition) is 3. The molecule has 1 aliphatic heterocycles. The van der Waals surface area contributed by atoms with Gasteiger partial charge in [-0.15, -0.1) is 0 Å². The van der Waals surface area contributed by atoms with Crippen molar-refractivity contribution in [1.29, 1.82) is 0 Å². The van der Waals surface area contributed by atoms with Crippen molar-refractivity contribution in [1.82, 2.24) is 15.2 Å². The molecule has 0 saturated carbocycles. The lowest BCUT2D eigenvalue weighted by Gasteiger charge is -2.32. The van der Waals surface area contributed by atoms with Crippen LogP contribution in [0.25, 0.3) is 10.9 Å². The molecule has 28 heavy (non-hydrogen) atoms. The van der Waals surface area contributed by atoms with Gasteiger partial charge >= 0.3 is 0 Å². The van der Waals surface area contributed by atoms with Crippen molar-refractivity contribution in [2.24, 2.45) is 0 Å². The second-order valence-corrected chi connectivity index (χ2v) is 7.36. The lowest BCUT2D eigenvalue weighted by atomic mass is 10.0. The minimum Gasteiger partial charge on any atom is -0.472 e. The Morgan fingerprint density at radius 3 is 2.79 bits per heavy atom. The fourth-order valence-corrected chi connectivity index (χ4v) is 3.87. The summed E-state index contributed by atoms with van der Waals surface area (Å²) in [5, 5.41) is 4.36. The first-order chi connectivity index (χ1) is 13.7. The Labute approximate surface area is 163 Å². The van der Waals surface area contributed by atoms with Crippen molar-refractivity contribution >= 4 is 22.7 Å². The molecule has 4 rings (SSSR count). The molecule has 0 unspecified atom stereocenters. The number of H-pyrrole nitrogens is 1. The van der Waals surface area contributed by atoms with Crippen molar-refractivity contribution in [3.63, 3.8) is 0 Å². The molecule has 1 aliphatic rings. The number of para-hydroxylation sites is 1. The van der Waals surface area contributed by atoms with Crippen molar-refractivity contribution in [2.45, 2.75) is 38.1 Å². The van der Waals surface area contributed by atoms with Gasteiger partial charge < -0.3 is 19.6 Å². The average Bonchev–Trinajstić information content (AvgIpc) is 3.39. The first-order valence-corrected chi connectivity index (χ1v) is 9.86.